The van der Waals surface area contributed by atoms with Crippen molar-refractivity contribution in [1.82, 2.24) is 14.8 Å². The lowest BCUT2D eigenvalue weighted by Gasteiger charge is -2.12. The molecule has 5 nitrogen and oxygen atoms in total. The third-order valence-corrected chi connectivity index (χ3v) is 6.37. The lowest BCUT2D eigenvalue weighted by atomic mass is 10.1. The number of hydrogen-bond donors (Lipinski definition) is 0. The van der Waals surface area contributed by atoms with Gasteiger partial charge in [-0.15, -0.1) is 10.2 Å². The first-order chi connectivity index (χ1) is 13.6. The van der Waals surface area contributed by atoms with Gasteiger partial charge in [-0.25, -0.2) is 0 Å². The zero-order chi connectivity index (χ0) is 19.5. The molecule has 7 heteroatoms. The second-order valence-electron chi connectivity index (χ2n) is 6.79. The number of benzene rings is 2. The van der Waals surface area contributed by atoms with Gasteiger partial charge in [0, 0.05) is 23.0 Å². The van der Waals surface area contributed by atoms with E-state index in [1.807, 2.05) is 49.4 Å². The van der Waals surface area contributed by atoms with Crippen molar-refractivity contribution < 1.29 is 9.53 Å². The summed E-state index contributed by atoms with van der Waals surface area (Å²) in [6.07, 6.45) is 1.51. The van der Waals surface area contributed by atoms with E-state index in [9.17, 15) is 4.79 Å². The minimum absolute atomic E-state index is 0.0448. The summed E-state index contributed by atoms with van der Waals surface area (Å²) in [5, 5.41) is 9.37. The molecule has 0 bridgehead atoms. The fraction of sp³-hybridized carbons (Fsp3) is 0.286. The van der Waals surface area contributed by atoms with E-state index in [-0.39, 0.29) is 17.3 Å². The van der Waals surface area contributed by atoms with Gasteiger partial charge in [0.15, 0.2) is 11.0 Å². The first-order valence-corrected chi connectivity index (χ1v) is 10.9. The highest BCUT2D eigenvalue weighted by atomic mass is 79.9. The van der Waals surface area contributed by atoms with Crippen molar-refractivity contribution in [3.8, 4) is 11.4 Å². The van der Waals surface area contributed by atoms with Gasteiger partial charge in [0.1, 0.15) is 11.4 Å². The van der Waals surface area contributed by atoms with Crippen molar-refractivity contribution in [2.24, 2.45) is 0 Å². The number of halogens is 1. The fourth-order valence-corrected chi connectivity index (χ4v) is 4.65. The topological polar surface area (TPSA) is 57.0 Å². The van der Waals surface area contributed by atoms with Crippen LogP contribution in [-0.2, 0) is 22.5 Å². The first kappa shape index (κ1) is 19.2. The molecule has 1 aromatic heterocycles. The highest BCUT2D eigenvalue weighted by Crippen LogP contribution is 2.33. The molecule has 1 saturated heterocycles. The van der Waals surface area contributed by atoms with Crippen LogP contribution in [0.3, 0.4) is 0 Å². The Morgan fingerprint density at radius 3 is 2.57 bits per heavy atom. The Labute approximate surface area is 176 Å². The minimum Gasteiger partial charge on any atom is -0.462 e. The number of esters is 1. The molecule has 0 saturated carbocycles. The monoisotopic (exact) mass is 457 g/mol. The van der Waals surface area contributed by atoms with Gasteiger partial charge in [0.2, 0.25) is 0 Å². The number of cyclic esters (lactones) is 1. The van der Waals surface area contributed by atoms with Crippen LogP contribution in [0.1, 0.15) is 18.9 Å². The summed E-state index contributed by atoms with van der Waals surface area (Å²) in [7, 11) is 0. The second-order valence-corrected chi connectivity index (χ2v) is 8.88. The number of carbonyl (C=O) groups is 1. The molecule has 0 aliphatic carbocycles. The Morgan fingerprint density at radius 1 is 1.14 bits per heavy atom. The molecule has 144 valence electrons. The average molecular weight is 458 g/mol. The van der Waals surface area contributed by atoms with Crippen molar-refractivity contribution in [3.63, 3.8) is 0 Å². The minimum atomic E-state index is -0.229. The molecule has 0 unspecified atom stereocenters. The Kier molecular flexibility index (Phi) is 5.82. The van der Waals surface area contributed by atoms with Crippen molar-refractivity contribution in [1.29, 1.82) is 0 Å². The third kappa shape index (κ3) is 4.31. The predicted octanol–water partition coefficient (Wildman–Crippen LogP) is 4.75. The maximum absolute atomic E-state index is 12.1. The van der Waals surface area contributed by atoms with Crippen LogP contribution < -0.4 is 0 Å². The molecule has 1 fully saturated rings. The standard InChI is InChI=1S/C21H20BrN3O2S/c1-14-13-18(20(26)27-14)28-21-24-23-19(16-7-9-17(22)10-8-16)25(21)12-11-15-5-3-2-4-6-15/h2-10,14,18H,11-13H2,1H3/t14-,18+/m0/s1. The second kappa shape index (κ2) is 8.49. The summed E-state index contributed by atoms with van der Waals surface area (Å²) in [6, 6.07) is 18.4. The van der Waals surface area contributed by atoms with E-state index in [0.29, 0.717) is 6.42 Å². The lowest BCUT2D eigenvalue weighted by Crippen LogP contribution is -2.12. The Hall–Kier alpha value is -2.12. The van der Waals surface area contributed by atoms with Crippen molar-refractivity contribution in [2.45, 2.75) is 42.8 Å². The molecule has 28 heavy (non-hydrogen) atoms. The van der Waals surface area contributed by atoms with E-state index in [0.717, 1.165) is 34.0 Å². The number of rotatable bonds is 6. The molecule has 1 aliphatic rings. The molecule has 4 rings (SSSR count). The predicted molar refractivity (Wildman–Crippen MR) is 113 cm³/mol. The number of aryl methyl sites for hydroxylation is 1. The largest absolute Gasteiger partial charge is 0.462 e. The molecule has 2 aromatic carbocycles. The van der Waals surface area contributed by atoms with Gasteiger partial charge in [0.05, 0.1) is 0 Å². The van der Waals surface area contributed by atoms with Crippen LogP contribution in [0.5, 0.6) is 0 Å². The molecular formula is C21H20BrN3O2S. The molecule has 2 atom stereocenters. The van der Waals surface area contributed by atoms with Crippen LogP contribution in [0.15, 0.2) is 64.2 Å². The third-order valence-electron chi connectivity index (χ3n) is 4.66. The van der Waals surface area contributed by atoms with Gasteiger partial charge < -0.3 is 9.30 Å². The molecule has 0 N–H and O–H groups in total. The van der Waals surface area contributed by atoms with E-state index in [2.05, 4.69) is 42.8 Å². The van der Waals surface area contributed by atoms with Crippen molar-refractivity contribution >= 4 is 33.7 Å². The number of carbonyl (C=O) groups excluding carboxylic acids is 1. The average Bonchev–Trinajstić information content (AvgIpc) is 3.24. The quantitative estimate of drug-likeness (QED) is 0.500. The van der Waals surface area contributed by atoms with Crippen LogP contribution in [0.2, 0.25) is 0 Å². The molecule has 2 heterocycles. The van der Waals surface area contributed by atoms with E-state index in [1.54, 1.807) is 0 Å². The Bertz CT molecular complexity index is 960. The normalized spacial score (nSPS) is 19.0. The Balaban J connectivity index is 1.63. The summed E-state index contributed by atoms with van der Waals surface area (Å²) in [4.78, 5) is 12.1. The van der Waals surface area contributed by atoms with Crippen molar-refractivity contribution in [2.75, 3.05) is 0 Å². The molecular weight excluding hydrogens is 438 g/mol. The van der Waals surface area contributed by atoms with Gasteiger partial charge in [-0.05, 0) is 31.0 Å². The summed E-state index contributed by atoms with van der Waals surface area (Å²) in [5.41, 5.74) is 2.25. The fourth-order valence-electron chi connectivity index (χ4n) is 3.22. The van der Waals surface area contributed by atoms with E-state index >= 15 is 0 Å². The molecule has 0 amide bonds. The van der Waals surface area contributed by atoms with Gasteiger partial charge in [0.25, 0.3) is 0 Å². The maximum atomic E-state index is 12.1. The molecule has 0 radical (unpaired) electrons. The van der Waals surface area contributed by atoms with Crippen molar-refractivity contribution in [3.05, 3.63) is 64.6 Å². The molecule has 1 aliphatic heterocycles. The van der Waals surface area contributed by atoms with Gasteiger partial charge in [-0.3, -0.25) is 4.79 Å². The maximum Gasteiger partial charge on any atom is 0.319 e. The number of nitrogens with zero attached hydrogens (tertiary/aromatic N) is 3. The highest BCUT2D eigenvalue weighted by molar-refractivity contribution is 9.10. The zero-order valence-electron chi connectivity index (χ0n) is 15.4. The lowest BCUT2D eigenvalue weighted by molar-refractivity contribution is -0.140. The Morgan fingerprint density at radius 2 is 1.89 bits per heavy atom. The molecule has 0 spiro atoms. The number of aromatic nitrogens is 3. The SMILES string of the molecule is C[C@H]1C[C@@H](Sc2nnc(-c3ccc(Br)cc3)n2CCc2ccccc2)C(=O)O1. The van der Waals surface area contributed by atoms with Crippen LogP contribution in [-0.4, -0.2) is 32.1 Å². The number of hydrogen-bond acceptors (Lipinski definition) is 5. The summed E-state index contributed by atoms with van der Waals surface area (Å²) in [5.74, 6) is 0.644. The van der Waals surface area contributed by atoms with Crippen LogP contribution in [0.25, 0.3) is 11.4 Å². The van der Waals surface area contributed by atoms with Crippen LogP contribution >= 0.6 is 27.7 Å². The van der Waals surface area contributed by atoms with E-state index in [1.165, 1.54) is 17.3 Å². The smallest absolute Gasteiger partial charge is 0.319 e. The number of thioether (sulfide) groups is 1. The van der Waals surface area contributed by atoms with E-state index in [4.69, 9.17) is 4.74 Å². The van der Waals surface area contributed by atoms with Crippen LogP contribution in [0, 0.1) is 0 Å². The number of ether oxygens (including phenoxy) is 1. The zero-order valence-corrected chi connectivity index (χ0v) is 17.8. The van der Waals surface area contributed by atoms with Crippen LogP contribution in [0.4, 0.5) is 0 Å². The highest BCUT2D eigenvalue weighted by Gasteiger charge is 2.34. The summed E-state index contributed by atoms with van der Waals surface area (Å²) in [6.45, 7) is 2.66. The van der Waals surface area contributed by atoms with Gasteiger partial charge in [-0.1, -0.05) is 70.2 Å². The first-order valence-electron chi connectivity index (χ1n) is 9.20. The molecule has 3 aromatic rings. The van der Waals surface area contributed by atoms with E-state index < -0.39 is 0 Å². The summed E-state index contributed by atoms with van der Waals surface area (Å²) >= 11 is 4.92. The van der Waals surface area contributed by atoms with Gasteiger partial charge >= 0.3 is 5.97 Å². The summed E-state index contributed by atoms with van der Waals surface area (Å²) < 4.78 is 8.42. The van der Waals surface area contributed by atoms with Gasteiger partial charge in [-0.2, -0.15) is 0 Å².